The predicted octanol–water partition coefficient (Wildman–Crippen LogP) is 4.23. The molecule has 4 atom stereocenters. The van der Waals surface area contributed by atoms with E-state index in [1.54, 1.807) is 6.08 Å². The number of anilines is 1. The number of alkyl halides is 1. The molecule has 6 heteroatoms. The fraction of sp³-hybridized carbons (Fsp3) is 0.526. The normalized spacial score (nSPS) is 32.2. The number of hydrogen-bond acceptors (Lipinski definition) is 3. The quantitative estimate of drug-likeness (QED) is 0.791. The third-order valence-electron chi connectivity index (χ3n) is 5.61. The fourth-order valence-corrected chi connectivity index (χ4v) is 4.52. The maximum atomic E-state index is 14.2. The van der Waals surface area contributed by atoms with Crippen LogP contribution < -0.4 is 10.2 Å². The summed E-state index contributed by atoms with van der Waals surface area (Å²) in [6.45, 7) is 3.78. The second-order valence-corrected chi connectivity index (χ2v) is 8.06. The molecular formula is C19H22BrF2N3. The minimum atomic E-state index is -1.20. The molecule has 3 nitrogen and oxygen atoms in total. The SMILES string of the molecule is Cc1nc(N2CCC3NC(C4=C(F)C=CCC4F)CC3C2)ccc1Br. The van der Waals surface area contributed by atoms with Gasteiger partial charge in [0, 0.05) is 41.6 Å². The molecular weight excluding hydrogens is 388 g/mol. The van der Waals surface area contributed by atoms with Crippen LogP contribution in [-0.4, -0.2) is 36.3 Å². The van der Waals surface area contributed by atoms with E-state index in [9.17, 15) is 8.78 Å². The van der Waals surface area contributed by atoms with Crippen LogP contribution in [0.4, 0.5) is 14.6 Å². The highest BCUT2D eigenvalue weighted by atomic mass is 79.9. The van der Waals surface area contributed by atoms with E-state index in [0.29, 0.717) is 17.5 Å². The van der Waals surface area contributed by atoms with Crippen molar-refractivity contribution in [1.29, 1.82) is 0 Å². The summed E-state index contributed by atoms with van der Waals surface area (Å²) in [6, 6.07) is 4.20. The summed E-state index contributed by atoms with van der Waals surface area (Å²) in [7, 11) is 0. The molecule has 0 saturated carbocycles. The van der Waals surface area contributed by atoms with Gasteiger partial charge in [-0.15, -0.1) is 0 Å². The van der Waals surface area contributed by atoms with Gasteiger partial charge in [-0.3, -0.25) is 0 Å². The number of allylic oxidation sites excluding steroid dienone is 3. The van der Waals surface area contributed by atoms with E-state index in [4.69, 9.17) is 0 Å². The van der Waals surface area contributed by atoms with Crippen molar-refractivity contribution in [1.82, 2.24) is 10.3 Å². The van der Waals surface area contributed by atoms with Gasteiger partial charge in [-0.05, 0) is 59.8 Å². The number of nitrogens with one attached hydrogen (secondary N) is 1. The van der Waals surface area contributed by atoms with E-state index in [2.05, 4.69) is 31.1 Å². The van der Waals surface area contributed by atoms with Crippen molar-refractivity contribution in [2.24, 2.45) is 5.92 Å². The minimum Gasteiger partial charge on any atom is -0.356 e. The number of fused-ring (bicyclic) bond motifs is 1. The first-order valence-electron chi connectivity index (χ1n) is 8.87. The standard InChI is InChI=1S/C19H22BrF2N3/c1-11-13(20)5-6-18(23-11)25-8-7-16-12(10-25)9-17(24-16)19-14(21)3-2-4-15(19)22/h2-3,5-6,12,15-17,24H,4,7-10H2,1H3. The molecule has 4 unspecified atom stereocenters. The molecule has 2 aliphatic heterocycles. The van der Waals surface area contributed by atoms with Crippen molar-refractivity contribution in [3.63, 3.8) is 0 Å². The van der Waals surface area contributed by atoms with Gasteiger partial charge in [-0.25, -0.2) is 13.8 Å². The van der Waals surface area contributed by atoms with E-state index >= 15 is 0 Å². The first-order chi connectivity index (χ1) is 12.0. The Bertz CT molecular complexity index is 733. The Kier molecular flexibility index (Phi) is 4.67. The van der Waals surface area contributed by atoms with Gasteiger partial charge < -0.3 is 10.2 Å². The van der Waals surface area contributed by atoms with Crippen molar-refractivity contribution in [3.05, 3.63) is 45.9 Å². The van der Waals surface area contributed by atoms with Gasteiger partial charge in [0.2, 0.25) is 0 Å². The van der Waals surface area contributed by atoms with Gasteiger partial charge in [0.05, 0.1) is 5.69 Å². The first-order valence-corrected chi connectivity index (χ1v) is 9.66. The molecule has 1 aromatic rings. The van der Waals surface area contributed by atoms with E-state index in [-0.39, 0.29) is 12.5 Å². The van der Waals surface area contributed by atoms with Crippen molar-refractivity contribution >= 4 is 21.7 Å². The zero-order valence-electron chi connectivity index (χ0n) is 14.2. The zero-order chi connectivity index (χ0) is 17.6. The summed E-state index contributed by atoms with van der Waals surface area (Å²) < 4.78 is 29.4. The monoisotopic (exact) mass is 409 g/mol. The molecule has 1 aliphatic carbocycles. The Labute approximate surface area is 155 Å². The van der Waals surface area contributed by atoms with E-state index in [0.717, 1.165) is 41.9 Å². The van der Waals surface area contributed by atoms with Crippen LogP contribution in [0, 0.1) is 12.8 Å². The number of hydrogen-bond donors (Lipinski definition) is 1. The molecule has 1 aromatic heterocycles. The Hall–Kier alpha value is -1.27. The maximum Gasteiger partial charge on any atom is 0.129 e. The second-order valence-electron chi connectivity index (χ2n) is 7.20. The van der Waals surface area contributed by atoms with Gasteiger partial charge in [-0.1, -0.05) is 6.08 Å². The molecule has 4 rings (SSSR count). The van der Waals surface area contributed by atoms with Gasteiger partial charge in [0.15, 0.2) is 0 Å². The summed E-state index contributed by atoms with van der Waals surface area (Å²) in [5, 5.41) is 3.49. The van der Waals surface area contributed by atoms with E-state index in [1.165, 1.54) is 6.08 Å². The number of halogens is 3. The zero-order valence-corrected chi connectivity index (χ0v) is 15.8. The molecule has 3 aliphatic rings. The molecule has 0 radical (unpaired) electrons. The Balaban J connectivity index is 1.49. The number of pyridine rings is 1. The molecule has 3 heterocycles. The van der Waals surface area contributed by atoms with Gasteiger partial charge in [-0.2, -0.15) is 0 Å². The van der Waals surface area contributed by atoms with Crippen molar-refractivity contribution < 1.29 is 8.78 Å². The lowest BCUT2D eigenvalue weighted by molar-refractivity contribution is 0.345. The minimum absolute atomic E-state index is 0.186. The molecule has 2 fully saturated rings. The van der Waals surface area contributed by atoms with Gasteiger partial charge in [0.1, 0.15) is 17.8 Å². The number of nitrogens with zero attached hydrogens (tertiary/aromatic N) is 2. The molecule has 0 spiro atoms. The lowest BCUT2D eigenvalue weighted by atomic mass is 9.89. The lowest BCUT2D eigenvalue weighted by Crippen LogP contribution is -2.45. The van der Waals surface area contributed by atoms with Crippen LogP contribution in [0.15, 0.2) is 40.2 Å². The molecule has 1 N–H and O–H groups in total. The first kappa shape index (κ1) is 17.2. The van der Waals surface area contributed by atoms with E-state index < -0.39 is 12.0 Å². The summed E-state index contributed by atoms with van der Waals surface area (Å²) >= 11 is 3.49. The topological polar surface area (TPSA) is 28.2 Å². The highest BCUT2D eigenvalue weighted by Crippen LogP contribution is 2.37. The van der Waals surface area contributed by atoms with Crippen molar-refractivity contribution in [3.8, 4) is 0 Å². The van der Waals surface area contributed by atoms with Crippen molar-refractivity contribution in [2.45, 2.75) is 44.4 Å². The number of aromatic nitrogens is 1. The molecule has 2 saturated heterocycles. The van der Waals surface area contributed by atoms with Gasteiger partial charge >= 0.3 is 0 Å². The molecule has 0 amide bonds. The average Bonchev–Trinajstić information content (AvgIpc) is 2.99. The Morgan fingerprint density at radius 3 is 2.96 bits per heavy atom. The maximum absolute atomic E-state index is 14.2. The summed E-state index contributed by atoms with van der Waals surface area (Å²) in [6.07, 6.45) is 3.83. The summed E-state index contributed by atoms with van der Waals surface area (Å²) in [5.41, 5.74) is 1.30. The molecule has 25 heavy (non-hydrogen) atoms. The number of rotatable bonds is 2. The predicted molar refractivity (Wildman–Crippen MR) is 99.1 cm³/mol. The highest BCUT2D eigenvalue weighted by molar-refractivity contribution is 9.10. The van der Waals surface area contributed by atoms with E-state index in [1.807, 2.05) is 19.1 Å². The van der Waals surface area contributed by atoms with Crippen LogP contribution in [0.2, 0.25) is 0 Å². The third kappa shape index (κ3) is 3.26. The Morgan fingerprint density at radius 2 is 2.20 bits per heavy atom. The smallest absolute Gasteiger partial charge is 0.129 e. The van der Waals surface area contributed by atoms with Gasteiger partial charge in [0.25, 0.3) is 0 Å². The molecule has 134 valence electrons. The van der Waals surface area contributed by atoms with Crippen LogP contribution in [0.5, 0.6) is 0 Å². The average molecular weight is 410 g/mol. The van der Waals surface area contributed by atoms with Crippen LogP contribution in [0.1, 0.15) is 25.0 Å². The van der Waals surface area contributed by atoms with Crippen LogP contribution in [0.25, 0.3) is 0 Å². The highest BCUT2D eigenvalue weighted by Gasteiger charge is 2.41. The summed E-state index contributed by atoms with van der Waals surface area (Å²) in [4.78, 5) is 6.96. The largest absolute Gasteiger partial charge is 0.356 e. The fourth-order valence-electron chi connectivity index (χ4n) is 4.30. The van der Waals surface area contributed by atoms with Crippen LogP contribution in [-0.2, 0) is 0 Å². The number of piperidine rings is 1. The van der Waals surface area contributed by atoms with Crippen LogP contribution in [0.3, 0.4) is 0 Å². The molecule has 0 aromatic carbocycles. The Morgan fingerprint density at radius 1 is 1.36 bits per heavy atom. The second kappa shape index (κ2) is 6.80. The summed E-state index contributed by atoms with van der Waals surface area (Å²) in [5.74, 6) is 0.983. The van der Waals surface area contributed by atoms with Crippen molar-refractivity contribution in [2.75, 3.05) is 18.0 Å². The van der Waals surface area contributed by atoms with Crippen LogP contribution >= 0.6 is 15.9 Å². The lowest BCUT2D eigenvalue weighted by Gasteiger charge is -2.35. The third-order valence-corrected chi connectivity index (χ3v) is 6.45. The number of aryl methyl sites for hydroxylation is 1. The molecule has 0 bridgehead atoms.